The molecule has 0 aromatic carbocycles. The van der Waals surface area contributed by atoms with Gasteiger partial charge in [-0.3, -0.25) is 0 Å². The fourth-order valence-corrected chi connectivity index (χ4v) is 2.91. The highest BCUT2D eigenvalue weighted by Crippen LogP contribution is 2.42. The van der Waals surface area contributed by atoms with Crippen LogP contribution in [0.3, 0.4) is 0 Å². The molecule has 2 saturated heterocycles. The Bertz CT molecular complexity index is 359. The maximum absolute atomic E-state index is 10.6. The largest absolute Gasteiger partial charge is 0.385 e. The first-order chi connectivity index (χ1) is 9.68. The molecule has 2 aliphatic rings. The van der Waals surface area contributed by atoms with Crippen LogP contribution in [0.4, 0.5) is 0 Å². The summed E-state index contributed by atoms with van der Waals surface area (Å²) < 4.78 is 23.4. The van der Waals surface area contributed by atoms with Gasteiger partial charge in [0.2, 0.25) is 0 Å². The van der Waals surface area contributed by atoms with Gasteiger partial charge in [0.1, 0.15) is 31.0 Å². The minimum Gasteiger partial charge on any atom is -0.385 e. The Labute approximate surface area is 125 Å². The van der Waals surface area contributed by atoms with E-state index in [1.165, 1.54) is 7.11 Å². The van der Waals surface area contributed by atoms with Gasteiger partial charge in [0.25, 0.3) is 0 Å². The number of aliphatic hydroxyl groups is 1. The standard InChI is InChI=1S/C14H26O7/c1-8(2)18-14(5)12(15)11-10(20-13(3,4)21-11)9(19-14)7-17-16-6/h8-12,15H,7H2,1-6H3/t9-,10+,11+,12-,14-/m1/s1. The highest BCUT2D eigenvalue weighted by Gasteiger charge is 2.59. The van der Waals surface area contributed by atoms with Crippen LogP contribution in [-0.2, 0) is 28.7 Å². The molecule has 0 amide bonds. The van der Waals surface area contributed by atoms with Crippen LogP contribution in [-0.4, -0.2) is 60.9 Å². The third kappa shape index (κ3) is 3.56. The molecule has 2 rings (SSSR count). The van der Waals surface area contributed by atoms with Crippen LogP contribution >= 0.6 is 0 Å². The van der Waals surface area contributed by atoms with Gasteiger partial charge in [-0.25, -0.2) is 9.78 Å². The summed E-state index contributed by atoms with van der Waals surface area (Å²) in [6, 6.07) is 0. The highest BCUT2D eigenvalue weighted by molar-refractivity contribution is 5.01. The second-order valence-corrected chi connectivity index (χ2v) is 6.30. The first-order valence-corrected chi connectivity index (χ1v) is 7.23. The van der Waals surface area contributed by atoms with E-state index in [2.05, 4.69) is 4.89 Å². The monoisotopic (exact) mass is 306 g/mol. The molecular weight excluding hydrogens is 280 g/mol. The van der Waals surface area contributed by atoms with Crippen molar-refractivity contribution >= 4 is 0 Å². The van der Waals surface area contributed by atoms with E-state index in [-0.39, 0.29) is 12.7 Å². The fraction of sp³-hybridized carbons (Fsp3) is 1.00. The minimum atomic E-state index is -1.19. The molecule has 0 aliphatic carbocycles. The van der Waals surface area contributed by atoms with Crippen molar-refractivity contribution in [1.82, 2.24) is 0 Å². The van der Waals surface area contributed by atoms with Crippen molar-refractivity contribution in [3.63, 3.8) is 0 Å². The molecule has 7 heteroatoms. The smallest absolute Gasteiger partial charge is 0.195 e. The second-order valence-electron chi connectivity index (χ2n) is 6.30. The average molecular weight is 306 g/mol. The normalized spacial score (nSPS) is 42.3. The molecule has 1 N–H and O–H groups in total. The summed E-state index contributed by atoms with van der Waals surface area (Å²) in [5.74, 6) is -1.99. The number of hydrogen-bond acceptors (Lipinski definition) is 7. The zero-order chi connectivity index (χ0) is 15.8. The van der Waals surface area contributed by atoms with Crippen LogP contribution < -0.4 is 0 Å². The molecule has 0 spiro atoms. The van der Waals surface area contributed by atoms with Gasteiger partial charge < -0.3 is 24.1 Å². The van der Waals surface area contributed by atoms with Crippen LogP contribution in [0.5, 0.6) is 0 Å². The van der Waals surface area contributed by atoms with E-state index in [9.17, 15) is 5.11 Å². The number of rotatable bonds is 5. The third-order valence-corrected chi connectivity index (χ3v) is 3.58. The van der Waals surface area contributed by atoms with Crippen LogP contribution in [0, 0.1) is 0 Å². The van der Waals surface area contributed by atoms with Crippen molar-refractivity contribution in [3.05, 3.63) is 0 Å². The van der Waals surface area contributed by atoms with Crippen molar-refractivity contribution in [2.75, 3.05) is 13.7 Å². The van der Waals surface area contributed by atoms with E-state index in [4.69, 9.17) is 23.8 Å². The molecule has 5 atom stereocenters. The quantitative estimate of drug-likeness (QED) is 0.599. The Balaban J connectivity index is 2.21. The zero-order valence-corrected chi connectivity index (χ0v) is 13.5. The van der Waals surface area contributed by atoms with E-state index in [1.807, 2.05) is 13.8 Å². The highest BCUT2D eigenvalue weighted by atomic mass is 17.2. The molecule has 0 bridgehead atoms. The summed E-state index contributed by atoms with van der Waals surface area (Å²) in [5, 5.41) is 10.6. The van der Waals surface area contributed by atoms with Gasteiger partial charge in [0, 0.05) is 0 Å². The lowest BCUT2D eigenvalue weighted by Crippen LogP contribution is -2.64. The maximum atomic E-state index is 10.6. The third-order valence-electron chi connectivity index (χ3n) is 3.58. The molecule has 7 nitrogen and oxygen atoms in total. The number of hydrogen-bond donors (Lipinski definition) is 1. The van der Waals surface area contributed by atoms with Gasteiger partial charge in [-0.1, -0.05) is 0 Å². The van der Waals surface area contributed by atoms with E-state index in [1.54, 1.807) is 20.8 Å². The van der Waals surface area contributed by atoms with Crippen molar-refractivity contribution in [3.8, 4) is 0 Å². The molecule has 2 heterocycles. The maximum Gasteiger partial charge on any atom is 0.195 e. The molecule has 0 unspecified atom stereocenters. The molecule has 2 aliphatic heterocycles. The Morgan fingerprint density at radius 1 is 1.10 bits per heavy atom. The molecule has 124 valence electrons. The second kappa shape index (κ2) is 6.08. The first-order valence-electron chi connectivity index (χ1n) is 7.23. The summed E-state index contributed by atoms with van der Waals surface area (Å²) >= 11 is 0. The predicted octanol–water partition coefficient (Wildman–Crippen LogP) is 0.985. The minimum absolute atomic E-state index is 0.111. The van der Waals surface area contributed by atoms with Gasteiger partial charge in [-0.05, 0) is 34.6 Å². The molecule has 0 aromatic rings. The molecule has 0 radical (unpaired) electrons. The van der Waals surface area contributed by atoms with E-state index in [0.29, 0.717) is 0 Å². The lowest BCUT2D eigenvalue weighted by atomic mass is 9.93. The molecular formula is C14H26O7. The summed E-state index contributed by atoms with van der Waals surface area (Å²) in [4.78, 5) is 9.63. The van der Waals surface area contributed by atoms with Crippen molar-refractivity contribution in [1.29, 1.82) is 0 Å². The number of aliphatic hydroxyl groups excluding tert-OH is 1. The number of ether oxygens (including phenoxy) is 4. The van der Waals surface area contributed by atoms with Crippen molar-refractivity contribution in [2.45, 2.75) is 76.7 Å². The summed E-state index contributed by atoms with van der Waals surface area (Å²) in [6.07, 6.45) is -2.55. The Morgan fingerprint density at radius 2 is 1.71 bits per heavy atom. The van der Waals surface area contributed by atoms with E-state index in [0.717, 1.165) is 0 Å². The summed E-state index contributed by atoms with van der Waals surface area (Å²) in [6.45, 7) is 9.21. The molecule has 0 aromatic heterocycles. The fourth-order valence-electron chi connectivity index (χ4n) is 2.91. The SMILES string of the molecule is COOC[C@H]1O[C@@](C)(OC(C)C)[C@H](O)[C@H]2OC(C)(C)O[C@H]21. The van der Waals surface area contributed by atoms with Gasteiger partial charge in [0.05, 0.1) is 13.2 Å². The predicted molar refractivity (Wildman–Crippen MR) is 72.3 cm³/mol. The van der Waals surface area contributed by atoms with E-state index >= 15 is 0 Å². The number of fused-ring (bicyclic) bond motifs is 1. The first kappa shape index (κ1) is 17.1. The van der Waals surface area contributed by atoms with Crippen molar-refractivity contribution in [2.24, 2.45) is 0 Å². The van der Waals surface area contributed by atoms with E-state index < -0.39 is 36.0 Å². The van der Waals surface area contributed by atoms with Crippen LogP contribution in [0.25, 0.3) is 0 Å². The Kier molecular flexibility index (Phi) is 4.94. The lowest BCUT2D eigenvalue weighted by Gasteiger charge is -2.46. The van der Waals surface area contributed by atoms with Gasteiger partial charge in [0.15, 0.2) is 11.6 Å². The van der Waals surface area contributed by atoms with Gasteiger partial charge in [-0.2, -0.15) is 0 Å². The molecule has 2 fully saturated rings. The van der Waals surface area contributed by atoms with Crippen LogP contribution in [0.1, 0.15) is 34.6 Å². The molecule has 21 heavy (non-hydrogen) atoms. The van der Waals surface area contributed by atoms with Crippen LogP contribution in [0.2, 0.25) is 0 Å². The van der Waals surface area contributed by atoms with Crippen LogP contribution in [0.15, 0.2) is 0 Å². The molecule has 0 saturated carbocycles. The topological polar surface area (TPSA) is 75.6 Å². The Morgan fingerprint density at radius 3 is 2.29 bits per heavy atom. The summed E-state index contributed by atoms with van der Waals surface area (Å²) in [5.41, 5.74) is 0. The van der Waals surface area contributed by atoms with Gasteiger partial charge in [-0.15, -0.1) is 0 Å². The summed E-state index contributed by atoms with van der Waals surface area (Å²) in [7, 11) is 1.43. The van der Waals surface area contributed by atoms with Gasteiger partial charge >= 0.3 is 0 Å². The average Bonchev–Trinajstić information content (AvgIpc) is 2.67. The lowest BCUT2D eigenvalue weighted by molar-refractivity contribution is -0.372. The Hall–Kier alpha value is -0.280. The zero-order valence-electron chi connectivity index (χ0n) is 13.5. The van der Waals surface area contributed by atoms with Crippen molar-refractivity contribution < 1.29 is 33.8 Å².